The second-order valence-corrected chi connectivity index (χ2v) is 8.93. The smallest absolute Gasteiger partial charge is 0.319 e. The normalized spacial score (nSPS) is 17.7. The Morgan fingerprint density at radius 2 is 1.91 bits per heavy atom. The van der Waals surface area contributed by atoms with Crippen molar-refractivity contribution in [2.24, 2.45) is 5.92 Å². The van der Waals surface area contributed by atoms with Crippen molar-refractivity contribution in [3.05, 3.63) is 74.8 Å². The van der Waals surface area contributed by atoms with Gasteiger partial charge in [0.1, 0.15) is 5.92 Å². The molecule has 0 bridgehead atoms. The van der Waals surface area contributed by atoms with E-state index in [1.54, 1.807) is 30.3 Å². The summed E-state index contributed by atoms with van der Waals surface area (Å²) in [5.41, 5.74) is 3.27. The van der Waals surface area contributed by atoms with Gasteiger partial charge in [-0.2, -0.15) is 5.26 Å². The molecule has 0 aromatic heterocycles. The Morgan fingerprint density at radius 3 is 2.52 bits per heavy atom. The van der Waals surface area contributed by atoms with Crippen molar-refractivity contribution >= 4 is 46.8 Å². The number of hydrogen-bond donors (Lipinski definition) is 2. The molecule has 0 saturated heterocycles. The van der Waals surface area contributed by atoms with Crippen molar-refractivity contribution in [2.45, 2.75) is 19.8 Å². The molecule has 7 nitrogen and oxygen atoms in total. The number of hydrogen-bond acceptors (Lipinski definition) is 6. The third-order valence-electron chi connectivity index (χ3n) is 5.22. The van der Waals surface area contributed by atoms with Crippen LogP contribution in [0.15, 0.2) is 53.1 Å². The number of thioether (sulfide) groups is 1. The molecule has 3 rings (SSSR count). The van der Waals surface area contributed by atoms with Crippen molar-refractivity contribution in [2.75, 3.05) is 18.2 Å². The molecule has 1 aliphatic rings. The number of halogens is 1. The van der Waals surface area contributed by atoms with E-state index in [1.165, 1.54) is 7.11 Å². The number of anilines is 1. The maximum absolute atomic E-state index is 12.8. The first-order valence-corrected chi connectivity index (χ1v) is 11.4. The summed E-state index contributed by atoms with van der Waals surface area (Å²) in [5, 5.41) is 16.0. The highest BCUT2D eigenvalue weighted by atomic mass is 35.5. The van der Waals surface area contributed by atoms with Gasteiger partial charge >= 0.3 is 5.97 Å². The van der Waals surface area contributed by atoms with Crippen LogP contribution in [0.25, 0.3) is 0 Å². The lowest BCUT2D eigenvalue weighted by Gasteiger charge is -2.31. The molecule has 2 aromatic rings. The summed E-state index contributed by atoms with van der Waals surface area (Å²) in [6.07, 6.45) is 0. The molecule has 0 aliphatic carbocycles. The van der Waals surface area contributed by atoms with E-state index in [0.717, 1.165) is 22.9 Å². The van der Waals surface area contributed by atoms with Crippen LogP contribution >= 0.6 is 23.4 Å². The van der Waals surface area contributed by atoms with Crippen LogP contribution in [0.4, 0.5) is 5.69 Å². The Bertz CT molecular complexity index is 1170. The van der Waals surface area contributed by atoms with Crippen molar-refractivity contribution in [3.8, 4) is 6.07 Å². The summed E-state index contributed by atoms with van der Waals surface area (Å²) < 4.78 is 4.83. The second kappa shape index (κ2) is 10.6. The molecule has 2 amide bonds. The molecule has 1 aliphatic heterocycles. The number of rotatable bonds is 6. The molecule has 1 heterocycles. The van der Waals surface area contributed by atoms with Gasteiger partial charge in [0.2, 0.25) is 11.8 Å². The minimum Gasteiger partial charge on any atom is -0.468 e. The second-order valence-electron chi connectivity index (χ2n) is 7.53. The van der Waals surface area contributed by atoms with E-state index in [9.17, 15) is 19.6 Å². The van der Waals surface area contributed by atoms with E-state index in [4.69, 9.17) is 16.3 Å². The highest BCUT2D eigenvalue weighted by Gasteiger charge is 2.44. The number of aryl methyl sites for hydroxylation is 2. The van der Waals surface area contributed by atoms with E-state index in [2.05, 4.69) is 16.7 Å². The number of carbonyl (C=O) groups is 3. The molecule has 2 atom stereocenters. The highest BCUT2D eigenvalue weighted by molar-refractivity contribution is 8.03. The van der Waals surface area contributed by atoms with Crippen LogP contribution in [-0.2, 0) is 19.1 Å². The lowest BCUT2D eigenvalue weighted by molar-refractivity contribution is -0.150. The third-order valence-corrected chi connectivity index (χ3v) is 6.65. The molecule has 2 aromatic carbocycles. The lowest BCUT2D eigenvalue weighted by Crippen LogP contribution is -2.44. The van der Waals surface area contributed by atoms with E-state index < -0.39 is 23.7 Å². The Labute approximate surface area is 201 Å². The van der Waals surface area contributed by atoms with Crippen LogP contribution in [0.5, 0.6) is 0 Å². The highest BCUT2D eigenvalue weighted by Crippen LogP contribution is 2.40. The average molecular weight is 484 g/mol. The maximum Gasteiger partial charge on any atom is 0.319 e. The molecule has 33 heavy (non-hydrogen) atoms. The quantitative estimate of drug-likeness (QED) is 0.473. The average Bonchev–Trinajstić information content (AvgIpc) is 2.79. The van der Waals surface area contributed by atoms with E-state index in [1.807, 2.05) is 26.0 Å². The number of nitriles is 1. The summed E-state index contributed by atoms with van der Waals surface area (Å²) in [5.74, 6) is -3.74. The number of benzene rings is 2. The van der Waals surface area contributed by atoms with Gasteiger partial charge in [0, 0.05) is 16.6 Å². The zero-order valence-electron chi connectivity index (χ0n) is 18.3. The molecule has 0 saturated carbocycles. The first-order valence-electron chi connectivity index (χ1n) is 10.0. The van der Waals surface area contributed by atoms with Crippen LogP contribution in [-0.4, -0.2) is 30.6 Å². The molecule has 0 spiro atoms. The van der Waals surface area contributed by atoms with Gasteiger partial charge in [0.05, 0.1) is 29.5 Å². The van der Waals surface area contributed by atoms with E-state index in [0.29, 0.717) is 16.3 Å². The molecule has 0 fully saturated rings. The predicted octanol–water partition coefficient (Wildman–Crippen LogP) is 4.07. The molecule has 2 N–H and O–H groups in total. The van der Waals surface area contributed by atoms with Gasteiger partial charge < -0.3 is 15.4 Å². The molecule has 170 valence electrons. The summed E-state index contributed by atoms with van der Waals surface area (Å²) in [6, 6.07) is 14.6. The lowest BCUT2D eigenvalue weighted by atomic mass is 9.78. The zero-order valence-corrected chi connectivity index (χ0v) is 19.8. The van der Waals surface area contributed by atoms with Gasteiger partial charge in [0.15, 0.2) is 0 Å². The van der Waals surface area contributed by atoms with Gasteiger partial charge in [-0.05, 0) is 37.1 Å². The molecule has 0 radical (unpaired) electrons. The van der Waals surface area contributed by atoms with Gasteiger partial charge in [-0.15, -0.1) is 0 Å². The monoisotopic (exact) mass is 483 g/mol. The number of methoxy groups -OCH3 is 1. The number of ether oxygens (including phenoxy) is 1. The fourth-order valence-electron chi connectivity index (χ4n) is 3.46. The zero-order chi connectivity index (χ0) is 24.1. The maximum atomic E-state index is 12.8. The van der Waals surface area contributed by atoms with Crippen LogP contribution in [0, 0.1) is 31.1 Å². The van der Waals surface area contributed by atoms with E-state index in [-0.39, 0.29) is 22.3 Å². The first-order chi connectivity index (χ1) is 15.7. The number of carbonyl (C=O) groups excluding carboxylic acids is 3. The summed E-state index contributed by atoms with van der Waals surface area (Å²) in [4.78, 5) is 37.7. The van der Waals surface area contributed by atoms with Crippen LogP contribution < -0.4 is 10.6 Å². The van der Waals surface area contributed by atoms with Crippen molar-refractivity contribution in [1.82, 2.24) is 5.32 Å². The van der Waals surface area contributed by atoms with Crippen molar-refractivity contribution in [3.63, 3.8) is 0 Å². The number of nitrogens with one attached hydrogen (secondary N) is 2. The third kappa shape index (κ3) is 5.56. The topological polar surface area (TPSA) is 108 Å². The Balaban J connectivity index is 1.87. The Hall–Kier alpha value is -3.28. The largest absolute Gasteiger partial charge is 0.468 e. The molecule has 0 unspecified atom stereocenters. The predicted molar refractivity (Wildman–Crippen MR) is 127 cm³/mol. The minimum absolute atomic E-state index is 0.0597. The number of nitrogens with zero attached hydrogens (tertiary/aromatic N) is 1. The summed E-state index contributed by atoms with van der Waals surface area (Å²) >= 11 is 7.12. The number of amides is 2. The van der Waals surface area contributed by atoms with Crippen molar-refractivity contribution < 1.29 is 19.1 Å². The van der Waals surface area contributed by atoms with Gasteiger partial charge in [0.25, 0.3) is 0 Å². The SMILES string of the molecule is COC(=O)[C@H]1C(=O)NC(SCC(=O)Nc2ccc(C)c(Cl)c2)=C(C#N)[C@H]1c1ccc(C)cc1. The first kappa shape index (κ1) is 24.4. The number of esters is 1. The molecule has 9 heteroatoms. The van der Waals surface area contributed by atoms with Crippen LogP contribution in [0.3, 0.4) is 0 Å². The molecular weight excluding hydrogens is 462 g/mol. The fraction of sp³-hybridized carbons (Fsp3) is 0.250. The van der Waals surface area contributed by atoms with Crippen LogP contribution in [0.1, 0.15) is 22.6 Å². The van der Waals surface area contributed by atoms with Crippen molar-refractivity contribution in [1.29, 1.82) is 5.26 Å². The summed E-state index contributed by atoms with van der Waals surface area (Å²) in [7, 11) is 1.20. The van der Waals surface area contributed by atoms with Crippen LogP contribution in [0.2, 0.25) is 5.02 Å². The minimum atomic E-state index is -1.21. The Kier molecular flexibility index (Phi) is 7.79. The Morgan fingerprint density at radius 1 is 1.21 bits per heavy atom. The van der Waals surface area contributed by atoms with E-state index >= 15 is 0 Å². The van der Waals surface area contributed by atoms with Gasteiger partial charge in [-0.1, -0.05) is 59.3 Å². The molecular formula is C24H22ClN3O4S. The number of allylic oxidation sites excluding steroid dienone is 1. The van der Waals surface area contributed by atoms with Gasteiger partial charge in [-0.25, -0.2) is 0 Å². The summed E-state index contributed by atoms with van der Waals surface area (Å²) in [6.45, 7) is 3.77. The standard InChI is InChI=1S/C24H22ClN3O4S/c1-13-4-7-15(8-5-13)20-17(11-26)23(28-22(30)21(20)24(31)32-3)33-12-19(29)27-16-9-6-14(2)18(25)10-16/h4-10,20-21H,12H2,1-3H3,(H,27,29)(H,28,30)/t20-,21-/m1/s1. The van der Waals surface area contributed by atoms with Gasteiger partial charge in [-0.3, -0.25) is 14.4 Å². The fourth-order valence-corrected chi connectivity index (χ4v) is 4.49.